The summed E-state index contributed by atoms with van der Waals surface area (Å²) in [4.78, 5) is 26.4. The van der Waals surface area contributed by atoms with E-state index >= 15 is 0 Å². The fraction of sp³-hybridized carbons (Fsp3) is 0.700. The van der Waals surface area contributed by atoms with Crippen molar-refractivity contribution in [3.63, 3.8) is 0 Å². The first kappa shape index (κ1) is 22.4. The number of hydrogen-bond donors (Lipinski definition) is 0. The third-order valence-electron chi connectivity index (χ3n) is 4.64. The lowest BCUT2D eigenvalue weighted by molar-refractivity contribution is -0.138. The van der Waals surface area contributed by atoms with Gasteiger partial charge in [0.1, 0.15) is 0 Å². The second kappa shape index (κ2) is 12.7. The van der Waals surface area contributed by atoms with E-state index in [4.69, 9.17) is 9.47 Å². The summed E-state index contributed by atoms with van der Waals surface area (Å²) >= 11 is 0. The van der Waals surface area contributed by atoms with E-state index in [1.54, 1.807) is 0 Å². The highest BCUT2D eigenvalue weighted by Crippen LogP contribution is 2.16. The van der Waals surface area contributed by atoms with E-state index in [0.29, 0.717) is 25.3 Å². The van der Waals surface area contributed by atoms with Crippen molar-refractivity contribution in [2.75, 3.05) is 40.4 Å². The molecule has 6 heteroatoms. The van der Waals surface area contributed by atoms with Gasteiger partial charge in [0.15, 0.2) is 0 Å². The summed E-state index contributed by atoms with van der Waals surface area (Å²) in [6.45, 7) is 6.77. The number of esters is 2. The second-order valence-corrected chi connectivity index (χ2v) is 6.60. The van der Waals surface area contributed by atoms with Crippen LogP contribution >= 0.6 is 0 Å². The lowest BCUT2D eigenvalue weighted by Gasteiger charge is -2.14. The van der Waals surface area contributed by atoms with E-state index in [0.717, 1.165) is 25.9 Å². The molecule has 2 fully saturated rings. The number of rotatable bonds is 6. The largest absolute Gasteiger partial charge is 0.463 e. The summed E-state index contributed by atoms with van der Waals surface area (Å²) < 4.78 is 9.59. The van der Waals surface area contributed by atoms with Crippen molar-refractivity contribution in [3.8, 4) is 0 Å². The molecule has 0 radical (unpaired) electrons. The molecular weight excluding hydrogens is 332 g/mol. The molecule has 0 aromatic rings. The van der Waals surface area contributed by atoms with Crippen LogP contribution in [0.3, 0.4) is 0 Å². The molecule has 0 aromatic heterocycles. The van der Waals surface area contributed by atoms with Crippen LogP contribution in [0.25, 0.3) is 0 Å². The van der Waals surface area contributed by atoms with Crippen molar-refractivity contribution < 1.29 is 19.1 Å². The number of hydrogen-bond acceptors (Lipinski definition) is 6. The number of carbonyl (C=O) groups excluding carboxylic acids is 2. The van der Waals surface area contributed by atoms with Crippen molar-refractivity contribution in [1.82, 2.24) is 9.80 Å². The quantitative estimate of drug-likeness (QED) is 0.531. The lowest BCUT2D eigenvalue weighted by Crippen LogP contribution is -2.22. The highest BCUT2D eigenvalue weighted by Gasteiger charge is 2.18. The molecule has 0 aromatic carbocycles. The van der Waals surface area contributed by atoms with Gasteiger partial charge in [-0.3, -0.25) is 9.80 Å². The molecule has 2 aliphatic heterocycles. The van der Waals surface area contributed by atoms with Crippen LogP contribution in [-0.4, -0.2) is 74.2 Å². The number of nitrogens with zero attached hydrogens (tertiary/aromatic N) is 2. The summed E-state index contributed by atoms with van der Waals surface area (Å²) in [6, 6.07) is 0.841. The summed E-state index contributed by atoms with van der Waals surface area (Å²) in [5, 5.41) is 0. The minimum absolute atomic E-state index is 0.234. The maximum Gasteiger partial charge on any atom is 0.330 e. The van der Waals surface area contributed by atoms with Crippen LogP contribution in [0.5, 0.6) is 0 Å². The molecule has 0 unspecified atom stereocenters. The predicted molar refractivity (Wildman–Crippen MR) is 103 cm³/mol. The van der Waals surface area contributed by atoms with Crippen LogP contribution in [0, 0.1) is 0 Å². The lowest BCUT2D eigenvalue weighted by atomic mass is 10.2. The fourth-order valence-electron chi connectivity index (χ4n) is 3.12. The van der Waals surface area contributed by atoms with Gasteiger partial charge < -0.3 is 9.47 Å². The second-order valence-electron chi connectivity index (χ2n) is 6.60. The van der Waals surface area contributed by atoms with Gasteiger partial charge in [0, 0.05) is 24.2 Å². The van der Waals surface area contributed by atoms with Crippen LogP contribution in [-0.2, 0) is 19.1 Å². The molecule has 0 saturated carbocycles. The monoisotopic (exact) mass is 366 g/mol. The van der Waals surface area contributed by atoms with Crippen molar-refractivity contribution in [3.05, 3.63) is 24.3 Å². The smallest absolute Gasteiger partial charge is 0.330 e. The molecule has 6 nitrogen and oxygen atoms in total. The molecule has 0 aliphatic carbocycles. The maximum atomic E-state index is 11.0. The highest BCUT2D eigenvalue weighted by atomic mass is 16.5. The Morgan fingerprint density at radius 1 is 0.846 bits per heavy atom. The van der Waals surface area contributed by atoms with Gasteiger partial charge in [0.05, 0.1) is 13.2 Å². The molecule has 0 spiro atoms. The average Bonchev–Trinajstić information content (AvgIpc) is 3.20. The standard InChI is InChI=1S/2C10H17NO2/c2*1-3-13-10(12)7-6-9-5-4-8-11(9)2/h2*6-7,9H,3-5,8H2,1-2H3/b2*7-6+/t2*9-/m11/s1. The molecule has 26 heavy (non-hydrogen) atoms. The number of carbonyl (C=O) groups is 2. The van der Waals surface area contributed by atoms with E-state index in [2.05, 4.69) is 23.9 Å². The molecule has 0 N–H and O–H groups in total. The minimum Gasteiger partial charge on any atom is -0.463 e. The molecule has 2 rings (SSSR count). The van der Waals surface area contributed by atoms with Gasteiger partial charge in [0.25, 0.3) is 0 Å². The Kier molecular flexibility index (Phi) is 10.9. The summed E-state index contributed by atoms with van der Waals surface area (Å²) in [6.07, 6.45) is 11.7. The predicted octanol–water partition coefficient (Wildman–Crippen LogP) is 2.40. The minimum atomic E-state index is -0.234. The van der Waals surface area contributed by atoms with Crippen molar-refractivity contribution >= 4 is 11.9 Å². The molecule has 0 amide bonds. The third-order valence-corrected chi connectivity index (χ3v) is 4.64. The molecular formula is C20H34N2O4. The van der Waals surface area contributed by atoms with Crippen LogP contribution < -0.4 is 0 Å². The third kappa shape index (κ3) is 8.63. The van der Waals surface area contributed by atoms with Crippen molar-refractivity contribution in [2.45, 2.75) is 51.6 Å². The molecule has 2 heterocycles. The van der Waals surface area contributed by atoms with Gasteiger partial charge >= 0.3 is 11.9 Å². The Bertz CT molecular complexity index is 446. The van der Waals surface area contributed by atoms with Gasteiger partial charge in [-0.05, 0) is 66.7 Å². The maximum absolute atomic E-state index is 11.0. The van der Waals surface area contributed by atoms with Crippen LogP contribution in [0.1, 0.15) is 39.5 Å². The van der Waals surface area contributed by atoms with Crippen LogP contribution in [0.15, 0.2) is 24.3 Å². The molecule has 2 atom stereocenters. The number of likely N-dealkylation sites (tertiary alicyclic amines) is 2. The van der Waals surface area contributed by atoms with Gasteiger partial charge in [0.2, 0.25) is 0 Å². The molecule has 2 saturated heterocycles. The highest BCUT2D eigenvalue weighted by molar-refractivity contribution is 5.82. The topological polar surface area (TPSA) is 59.1 Å². The van der Waals surface area contributed by atoms with Gasteiger partial charge in [-0.15, -0.1) is 0 Å². The van der Waals surface area contributed by atoms with E-state index in [9.17, 15) is 9.59 Å². The van der Waals surface area contributed by atoms with E-state index in [1.807, 2.05) is 26.0 Å². The van der Waals surface area contributed by atoms with E-state index < -0.39 is 0 Å². The normalized spacial score (nSPS) is 24.0. The van der Waals surface area contributed by atoms with Crippen LogP contribution in [0.2, 0.25) is 0 Å². The first-order chi connectivity index (χ1) is 12.5. The van der Waals surface area contributed by atoms with Gasteiger partial charge in [-0.2, -0.15) is 0 Å². The summed E-state index contributed by atoms with van der Waals surface area (Å²) in [5.41, 5.74) is 0. The molecule has 148 valence electrons. The Hall–Kier alpha value is -1.66. The molecule has 0 bridgehead atoms. The molecule has 2 aliphatic rings. The van der Waals surface area contributed by atoms with Crippen molar-refractivity contribution in [2.24, 2.45) is 0 Å². The van der Waals surface area contributed by atoms with Gasteiger partial charge in [-0.1, -0.05) is 12.2 Å². The zero-order valence-electron chi connectivity index (χ0n) is 16.6. The average molecular weight is 367 g/mol. The van der Waals surface area contributed by atoms with Crippen molar-refractivity contribution in [1.29, 1.82) is 0 Å². The van der Waals surface area contributed by atoms with E-state index in [-0.39, 0.29) is 11.9 Å². The summed E-state index contributed by atoms with van der Waals surface area (Å²) in [7, 11) is 4.15. The number of ether oxygens (including phenoxy) is 2. The Morgan fingerprint density at radius 2 is 1.23 bits per heavy atom. The number of likely N-dealkylation sites (N-methyl/N-ethyl adjacent to an activating group) is 2. The Labute approximate surface area is 157 Å². The first-order valence-corrected chi connectivity index (χ1v) is 9.58. The van der Waals surface area contributed by atoms with Gasteiger partial charge in [-0.25, -0.2) is 9.59 Å². The Morgan fingerprint density at radius 3 is 1.50 bits per heavy atom. The summed E-state index contributed by atoms with van der Waals surface area (Å²) in [5.74, 6) is -0.467. The zero-order valence-corrected chi connectivity index (χ0v) is 16.6. The zero-order chi connectivity index (χ0) is 19.4. The first-order valence-electron chi connectivity index (χ1n) is 9.58. The Balaban J connectivity index is 0.000000260. The fourth-order valence-corrected chi connectivity index (χ4v) is 3.12. The van der Waals surface area contributed by atoms with Crippen LogP contribution in [0.4, 0.5) is 0 Å². The van der Waals surface area contributed by atoms with E-state index in [1.165, 1.54) is 25.0 Å². The SMILES string of the molecule is CCOC(=O)/C=C/[C@H]1CCCN1C.CCOC(=O)/C=C/[C@H]1CCCN1C.